The number of aryl methyl sites for hydroxylation is 1. The van der Waals surface area contributed by atoms with Crippen LogP contribution < -0.4 is 14.9 Å². The molecule has 0 aromatic heterocycles. The highest BCUT2D eigenvalue weighted by Gasteiger charge is 2.17. The molecule has 1 aliphatic rings. The Hall–Kier alpha value is -2.54. The second-order valence-corrected chi connectivity index (χ2v) is 8.54. The summed E-state index contributed by atoms with van der Waals surface area (Å²) >= 11 is 0. The van der Waals surface area contributed by atoms with Crippen LogP contribution in [0.4, 0.5) is 17.1 Å². The Morgan fingerprint density at radius 2 is 1.67 bits per heavy atom. The fourth-order valence-electron chi connectivity index (χ4n) is 3.19. The molecule has 3 rings (SSSR count). The van der Waals surface area contributed by atoms with E-state index in [1.165, 1.54) is 25.5 Å². The summed E-state index contributed by atoms with van der Waals surface area (Å²) < 4.78 is 28.2. The van der Waals surface area contributed by atoms with Crippen molar-refractivity contribution >= 4 is 33.0 Å². The first-order valence-electron chi connectivity index (χ1n) is 9.11. The Labute approximate surface area is 160 Å². The Balaban J connectivity index is 1.81. The molecule has 1 amide bonds. The Bertz CT molecular complexity index is 918. The average molecular weight is 388 g/mol. The van der Waals surface area contributed by atoms with Crippen LogP contribution in [0, 0.1) is 6.92 Å². The number of benzene rings is 2. The first kappa shape index (κ1) is 19.2. The quantitative estimate of drug-likeness (QED) is 0.819. The number of piperidine rings is 1. The van der Waals surface area contributed by atoms with Gasteiger partial charge in [0.25, 0.3) is 10.0 Å². The summed E-state index contributed by atoms with van der Waals surface area (Å²) in [7, 11) is -3.71. The van der Waals surface area contributed by atoms with E-state index >= 15 is 0 Å². The zero-order chi connectivity index (χ0) is 19.4. The van der Waals surface area contributed by atoms with Gasteiger partial charge in [0.1, 0.15) is 0 Å². The van der Waals surface area contributed by atoms with Gasteiger partial charge in [-0.15, -0.1) is 0 Å². The number of carbonyl (C=O) groups is 1. The Morgan fingerprint density at radius 1 is 1.00 bits per heavy atom. The summed E-state index contributed by atoms with van der Waals surface area (Å²) in [5.41, 5.74) is 3.06. The lowest BCUT2D eigenvalue weighted by molar-refractivity contribution is -0.114. The molecule has 1 fully saturated rings. The predicted molar refractivity (Wildman–Crippen MR) is 109 cm³/mol. The van der Waals surface area contributed by atoms with E-state index in [9.17, 15) is 13.2 Å². The molecule has 144 valence electrons. The monoisotopic (exact) mass is 387 g/mol. The third-order valence-corrected chi connectivity index (χ3v) is 6.05. The minimum Gasteiger partial charge on any atom is -0.371 e. The fraction of sp³-hybridized carbons (Fsp3) is 0.350. The molecule has 2 aromatic carbocycles. The molecule has 6 nitrogen and oxygen atoms in total. The van der Waals surface area contributed by atoms with Crippen LogP contribution in [0.15, 0.2) is 47.4 Å². The fourth-order valence-corrected chi connectivity index (χ4v) is 4.31. The lowest BCUT2D eigenvalue weighted by Crippen LogP contribution is -2.29. The van der Waals surface area contributed by atoms with Crippen LogP contribution in [-0.4, -0.2) is 27.4 Å². The van der Waals surface area contributed by atoms with Crippen LogP contribution in [0.1, 0.15) is 31.7 Å². The molecule has 7 heteroatoms. The number of nitrogens with zero attached hydrogens (tertiary/aromatic N) is 1. The van der Waals surface area contributed by atoms with Gasteiger partial charge in [0.2, 0.25) is 5.91 Å². The highest BCUT2D eigenvalue weighted by molar-refractivity contribution is 7.92. The molecule has 0 spiro atoms. The maximum absolute atomic E-state index is 12.8. The number of hydrogen-bond acceptors (Lipinski definition) is 4. The minimum absolute atomic E-state index is 0.152. The smallest absolute Gasteiger partial charge is 0.261 e. The molecule has 0 atom stereocenters. The molecule has 0 radical (unpaired) electrons. The number of carbonyl (C=O) groups excluding carboxylic acids is 1. The van der Waals surface area contributed by atoms with Gasteiger partial charge in [0.15, 0.2) is 0 Å². The third-order valence-electron chi connectivity index (χ3n) is 4.67. The van der Waals surface area contributed by atoms with E-state index in [1.54, 1.807) is 12.1 Å². The standard InChI is InChI=1S/C20H25N3O3S/c1-15-6-9-18(23-12-4-3-5-13-23)14-20(15)22-27(25,26)19-10-7-17(8-11-19)21-16(2)24/h6-11,14,22H,3-5,12-13H2,1-2H3,(H,21,24). The molecule has 27 heavy (non-hydrogen) atoms. The van der Waals surface area contributed by atoms with Crippen LogP contribution >= 0.6 is 0 Å². The molecule has 1 aliphatic heterocycles. The van der Waals surface area contributed by atoms with Crippen molar-refractivity contribution in [3.63, 3.8) is 0 Å². The van der Waals surface area contributed by atoms with Crippen molar-refractivity contribution in [2.75, 3.05) is 28.0 Å². The molecular weight excluding hydrogens is 362 g/mol. The summed E-state index contributed by atoms with van der Waals surface area (Å²) in [6.45, 7) is 5.29. The number of anilines is 3. The molecule has 0 bridgehead atoms. The topological polar surface area (TPSA) is 78.5 Å². The van der Waals surface area contributed by atoms with Gasteiger partial charge in [0, 0.05) is 31.4 Å². The molecule has 1 saturated heterocycles. The van der Waals surface area contributed by atoms with Crippen molar-refractivity contribution in [3.8, 4) is 0 Å². The third kappa shape index (κ3) is 4.80. The van der Waals surface area contributed by atoms with Gasteiger partial charge >= 0.3 is 0 Å². The van der Waals surface area contributed by atoms with Crippen LogP contribution in [0.5, 0.6) is 0 Å². The molecule has 0 saturated carbocycles. The number of rotatable bonds is 5. The molecule has 2 aromatic rings. The lowest BCUT2D eigenvalue weighted by Gasteiger charge is -2.29. The van der Waals surface area contributed by atoms with Gasteiger partial charge < -0.3 is 10.2 Å². The van der Waals surface area contributed by atoms with Crippen LogP contribution in [0.3, 0.4) is 0 Å². The summed E-state index contributed by atoms with van der Waals surface area (Å²) in [5.74, 6) is -0.200. The van der Waals surface area contributed by atoms with Crippen molar-refractivity contribution in [1.29, 1.82) is 0 Å². The first-order chi connectivity index (χ1) is 12.8. The maximum atomic E-state index is 12.8. The molecule has 1 heterocycles. The normalized spacial score (nSPS) is 14.7. The molecule has 2 N–H and O–H groups in total. The first-order valence-corrected chi connectivity index (χ1v) is 10.6. The number of hydrogen-bond donors (Lipinski definition) is 2. The van der Waals surface area contributed by atoms with Gasteiger partial charge in [-0.1, -0.05) is 6.07 Å². The second kappa shape index (κ2) is 8.00. The largest absolute Gasteiger partial charge is 0.371 e. The maximum Gasteiger partial charge on any atom is 0.261 e. The Morgan fingerprint density at radius 3 is 2.30 bits per heavy atom. The Kier molecular flexibility index (Phi) is 5.70. The van der Waals surface area contributed by atoms with E-state index in [-0.39, 0.29) is 10.8 Å². The van der Waals surface area contributed by atoms with E-state index in [4.69, 9.17) is 0 Å². The lowest BCUT2D eigenvalue weighted by atomic mass is 10.1. The van der Waals surface area contributed by atoms with E-state index in [1.807, 2.05) is 25.1 Å². The summed E-state index contributed by atoms with van der Waals surface area (Å²) in [6.07, 6.45) is 3.57. The van der Waals surface area contributed by atoms with Gasteiger partial charge in [-0.2, -0.15) is 0 Å². The van der Waals surface area contributed by atoms with Gasteiger partial charge in [-0.3, -0.25) is 9.52 Å². The summed E-state index contributed by atoms with van der Waals surface area (Å²) in [4.78, 5) is 13.5. The molecule has 0 unspecified atom stereocenters. The van der Waals surface area contributed by atoms with Crippen molar-refractivity contribution in [3.05, 3.63) is 48.0 Å². The molecule has 0 aliphatic carbocycles. The SMILES string of the molecule is CC(=O)Nc1ccc(S(=O)(=O)Nc2cc(N3CCCCC3)ccc2C)cc1. The zero-order valence-corrected chi connectivity index (χ0v) is 16.5. The van der Waals surface area contributed by atoms with E-state index in [0.717, 1.165) is 37.2 Å². The van der Waals surface area contributed by atoms with Gasteiger partial charge in [-0.05, 0) is 68.1 Å². The summed E-state index contributed by atoms with van der Waals surface area (Å²) in [6, 6.07) is 12.0. The van der Waals surface area contributed by atoms with Crippen molar-refractivity contribution in [1.82, 2.24) is 0 Å². The van der Waals surface area contributed by atoms with Crippen molar-refractivity contribution in [2.45, 2.75) is 38.0 Å². The highest BCUT2D eigenvalue weighted by Crippen LogP contribution is 2.28. The minimum atomic E-state index is -3.71. The number of amides is 1. The van der Waals surface area contributed by atoms with Gasteiger partial charge in [0.05, 0.1) is 10.6 Å². The number of nitrogens with one attached hydrogen (secondary N) is 2. The summed E-state index contributed by atoms with van der Waals surface area (Å²) in [5, 5.41) is 2.63. The average Bonchev–Trinajstić information content (AvgIpc) is 2.64. The van der Waals surface area contributed by atoms with Gasteiger partial charge in [-0.25, -0.2) is 8.42 Å². The highest BCUT2D eigenvalue weighted by atomic mass is 32.2. The van der Waals surface area contributed by atoms with Crippen molar-refractivity contribution in [2.24, 2.45) is 0 Å². The van der Waals surface area contributed by atoms with E-state index < -0.39 is 10.0 Å². The van der Waals surface area contributed by atoms with Crippen LogP contribution in [0.25, 0.3) is 0 Å². The number of sulfonamides is 1. The van der Waals surface area contributed by atoms with E-state index in [0.29, 0.717) is 11.4 Å². The zero-order valence-electron chi connectivity index (χ0n) is 15.7. The van der Waals surface area contributed by atoms with E-state index in [2.05, 4.69) is 14.9 Å². The van der Waals surface area contributed by atoms with Crippen molar-refractivity contribution < 1.29 is 13.2 Å². The second-order valence-electron chi connectivity index (χ2n) is 6.86. The molecular formula is C20H25N3O3S. The predicted octanol–water partition coefficient (Wildman–Crippen LogP) is 3.74. The van der Waals surface area contributed by atoms with Crippen LogP contribution in [-0.2, 0) is 14.8 Å². The van der Waals surface area contributed by atoms with Crippen LogP contribution in [0.2, 0.25) is 0 Å².